The Balaban J connectivity index is 0.00000484. The standard InChI is InChI=1S/C29H29ClFN5O3S2.ClH/c1-3-26(37)33-13-12-20-7-5-9-24(28(20)31)36(27(38)17-40-29-35-34-18(2)41-29)23-11-10-21(30)15-25(23)39-22-8-4-6-19(14-22)16-32;/h4-11,14-15H,3,12-13,16-17,32H2,1-2H3,(H,33,37);1H. The van der Waals surface area contributed by atoms with Gasteiger partial charge < -0.3 is 15.8 Å². The Morgan fingerprint density at radius 3 is 2.62 bits per heavy atom. The largest absolute Gasteiger partial charge is 0.455 e. The number of nitrogens with one attached hydrogen (secondary N) is 1. The Bertz CT molecular complexity index is 1540. The highest BCUT2D eigenvalue weighted by molar-refractivity contribution is 8.01. The fourth-order valence-electron chi connectivity index (χ4n) is 3.93. The van der Waals surface area contributed by atoms with Crippen LogP contribution in [0.2, 0.25) is 5.02 Å². The van der Waals surface area contributed by atoms with Crippen LogP contribution in [0.4, 0.5) is 15.8 Å². The van der Waals surface area contributed by atoms with E-state index in [0.29, 0.717) is 39.3 Å². The van der Waals surface area contributed by atoms with Gasteiger partial charge in [-0.1, -0.05) is 65.9 Å². The van der Waals surface area contributed by atoms with Crippen LogP contribution in [0, 0.1) is 12.7 Å². The van der Waals surface area contributed by atoms with E-state index >= 15 is 4.39 Å². The molecule has 0 fully saturated rings. The van der Waals surface area contributed by atoms with Gasteiger partial charge in [0.25, 0.3) is 0 Å². The lowest BCUT2D eigenvalue weighted by molar-refractivity contribution is -0.120. The highest BCUT2D eigenvalue weighted by Gasteiger charge is 2.26. The number of anilines is 2. The van der Waals surface area contributed by atoms with Gasteiger partial charge in [0.1, 0.15) is 10.8 Å². The first-order valence-electron chi connectivity index (χ1n) is 12.9. The Morgan fingerprint density at radius 2 is 1.90 bits per heavy atom. The number of aryl methyl sites for hydroxylation is 1. The van der Waals surface area contributed by atoms with E-state index in [2.05, 4.69) is 15.5 Å². The Kier molecular flexibility index (Phi) is 12.6. The van der Waals surface area contributed by atoms with E-state index in [1.54, 1.807) is 49.4 Å². The smallest absolute Gasteiger partial charge is 0.242 e. The second-order valence-electron chi connectivity index (χ2n) is 8.87. The quantitative estimate of drug-likeness (QED) is 0.162. The maximum absolute atomic E-state index is 16.1. The summed E-state index contributed by atoms with van der Waals surface area (Å²) < 4.78 is 22.9. The average molecular weight is 651 g/mol. The minimum atomic E-state index is -0.575. The second kappa shape index (κ2) is 15.9. The van der Waals surface area contributed by atoms with Crippen LogP contribution in [0.5, 0.6) is 11.5 Å². The number of nitrogens with two attached hydrogens (primary N) is 1. The van der Waals surface area contributed by atoms with Gasteiger partial charge in [-0.15, -0.1) is 22.6 Å². The molecule has 0 atom stereocenters. The number of ether oxygens (including phenoxy) is 1. The zero-order valence-corrected chi connectivity index (χ0v) is 26.1. The van der Waals surface area contributed by atoms with Crippen LogP contribution < -0.4 is 20.7 Å². The van der Waals surface area contributed by atoms with E-state index in [0.717, 1.165) is 10.6 Å². The summed E-state index contributed by atoms with van der Waals surface area (Å²) >= 11 is 8.93. The molecule has 13 heteroatoms. The van der Waals surface area contributed by atoms with Crippen LogP contribution in [0.1, 0.15) is 29.5 Å². The number of aromatic nitrogens is 2. The average Bonchev–Trinajstić information content (AvgIpc) is 3.39. The number of benzene rings is 3. The maximum atomic E-state index is 16.1. The van der Waals surface area contributed by atoms with E-state index in [1.807, 2.05) is 19.1 Å². The molecular formula is C29H30Cl2FN5O3S2. The third-order valence-electron chi connectivity index (χ3n) is 5.94. The van der Waals surface area contributed by atoms with Gasteiger partial charge in [0.2, 0.25) is 11.8 Å². The lowest BCUT2D eigenvalue weighted by Crippen LogP contribution is -2.29. The lowest BCUT2D eigenvalue weighted by Gasteiger charge is -2.26. The normalized spacial score (nSPS) is 10.6. The molecule has 0 unspecified atom stereocenters. The van der Waals surface area contributed by atoms with Crippen molar-refractivity contribution in [3.8, 4) is 11.5 Å². The number of carbonyl (C=O) groups excluding carboxylic acids is 2. The summed E-state index contributed by atoms with van der Waals surface area (Å²) in [6.45, 7) is 4.17. The van der Waals surface area contributed by atoms with Crippen molar-refractivity contribution >= 4 is 70.3 Å². The number of halogens is 3. The SMILES string of the molecule is CCC(=O)NCCc1cccc(N(C(=O)CSc2nnc(C)s2)c2ccc(Cl)cc2Oc2cccc(CN)c2)c1F.Cl. The zero-order chi connectivity index (χ0) is 29.4. The van der Waals surface area contributed by atoms with E-state index < -0.39 is 11.7 Å². The Morgan fingerprint density at radius 1 is 1.12 bits per heavy atom. The third kappa shape index (κ3) is 8.65. The molecule has 0 saturated heterocycles. The molecular weight excluding hydrogens is 620 g/mol. The van der Waals surface area contributed by atoms with E-state index in [9.17, 15) is 9.59 Å². The summed E-state index contributed by atoms with van der Waals surface area (Å²) in [5, 5.41) is 12.0. The summed E-state index contributed by atoms with van der Waals surface area (Å²) in [5.74, 6) is -0.380. The van der Waals surface area contributed by atoms with Gasteiger partial charge in [-0.25, -0.2) is 4.39 Å². The van der Waals surface area contributed by atoms with Crippen molar-refractivity contribution in [2.75, 3.05) is 17.2 Å². The molecule has 0 bridgehead atoms. The molecule has 42 heavy (non-hydrogen) atoms. The van der Waals surface area contributed by atoms with E-state index in [1.165, 1.54) is 34.1 Å². The molecule has 0 aliphatic carbocycles. The first kappa shape index (κ1) is 33.3. The van der Waals surface area contributed by atoms with Crippen LogP contribution in [-0.4, -0.2) is 34.3 Å². The van der Waals surface area contributed by atoms with Crippen molar-refractivity contribution in [3.05, 3.63) is 87.6 Å². The summed E-state index contributed by atoms with van der Waals surface area (Å²) in [4.78, 5) is 26.8. The minimum absolute atomic E-state index is 0. The summed E-state index contributed by atoms with van der Waals surface area (Å²) in [6, 6.07) is 16.9. The number of carbonyl (C=O) groups is 2. The summed E-state index contributed by atoms with van der Waals surface area (Å²) in [7, 11) is 0. The minimum Gasteiger partial charge on any atom is -0.455 e. The molecule has 0 aliphatic heterocycles. The lowest BCUT2D eigenvalue weighted by atomic mass is 10.1. The van der Waals surface area contributed by atoms with Crippen LogP contribution in [0.25, 0.3) is 0 Å². The van der Waals surface area contributed by atoms with Crippen molar-refractivity contribution in [3.63, 3.8) is 0 Å². The van der Waals surface area contributed by atoms with Crippen LogP contribution in [0.15, 0.2) is 65.0 Å². The van der Waals surface area contributed by atoms with Gasteiger partial charge in [-0.2, -0.15) is 0 Å². The summed E-state index contributed by atoms with van der Waals surface area (Å²) in [5.41, 5.74) is 7.37. The number of rotatable bonds is 12. The molecule has 4 aromatic rings. The molecule has 222 valence electrons. The molecule has 0 spiro atoms. The van der Waals surface area contributed by atoms with Gasteiger partial charge in [0.05, 0.1) is 17.1 Å². The number of nitrogens with zero attached hydrogens (tertiary/aromatic N) is 3. The molecule has 3 N–H and O–H groups in total. The van der Waals surface area contributed by atoms with Crippen LogP contribution >= 0.6 is 47.1 Å². The fourth-order valence-corrected chi connectivity index (χ4v) is 5.76. The molecule has 3 aromatic carbocycles. The molecule has 1 aromatic heterocycles. The highest BCUT2D eigenvalue weighted by atomic mass is 35.5. The molecule has 2 amide bonds. The molecule has 0 aliphatic rings. The fraction of sp³-hybridized carbons (Fsp3) is 0.241. The number of amides is 2. The maximum Gasteiger partial charge on any atom is 0.242 e. The predicted octanol–water partition coefficient (Wildman–Crippen LogP) is 6.84. The Hall–Kier alpha value is -3.22. The predicted molar refractivity (Wildman–Crippen MR) is 169 cm³/mol. The monoisotopic (exact) mass is 649 g/mol. The van der Waals surface area contributed by atoms with Gasteiger partial charge >= 0.3 is 0 Å². The Labute approximate surface area is 263 Å². The van der Waals surface area contributed by atoms with Gasteiger partial charge in [-0.3, -0.25) is 14.5 Å². The third-order valence-corrected chi connectivity index (χ3v) is 8.13. The second-order valence-corrected chi connectivity index (χ2v) is 11.7. The molecule has 0 saturated carbocycles. The molecule has 0 radical (unpaired) electrons. The van der Waals surface area contributed by atoms with Crippen molar-refractivity contribution in [1.82, 2.24) is 15.5 Å². The van der Waals surface area contributed by atoms with Crippen molar-refractivity contribution in [2.45, 2.75) is 37.6 Å². The van der Waals surface area contributed by atoms with E-state index in [-0.39, 0.29) is 48.5 Å². The first-order valence-corrected chi connectivity index (χ1v) is 15.0. The van der Waals surface area contributed by atoms with Gasteiger partial charge in [0, 0.05) is 30.6 Å². The summed E-state index contributed by atoms with van der Waals surface area (Å²) in [6.07, 6.45) is 0.590. The van der Waals surface area contributed by atoms with Crippen molar-refractivity contribution < 1.29 is 18.7 Å². The number of hydrogen-bond donors (Lipinski definition) is 2. The topological polar surface area (TPSA) is 110 Å². The van der Waals surface area contributed by atoms with Crippen molar-refractivity contribution in [2.24, 2.45) is 5.73 Å². The number of hydrogen-bond acceptors (Lipinski definition) is 8. The van der Waals surface area contributed by atoms with Crippen LogP contribution in [0.3, 0.4) is 0 Å². The van der Waals surface area contributed by atoms with E-state index in [4.69, 9.17) is 22.1 Å². The van der Waals surface area contributed by atoms with Crippen molar-refractivity contribution in [1.29, 1.82) is 0 Å². The zero-order valence-electron chi connectivity index (χ0n) is 22.9. The molecule has 4 rings (SSSR count). The first-order chi connectivity index (χ1) is 19.8. The van der Waals surface area contributed by atoms with Gasteiger partial charge in [-0.05, 0) is 54.8 Å². The molecule has 8 nitrogen and oxygen atoms in total. The highest BCUT2D eigenvalue weighted by Crippen LogP contribution is 2.40. The van der Waals surface area contributed by atoms with Crippen LogP contribution in [-0.2, 0) is 22.6 Å². The van der Waals surface area contributed by atoms with Gasteiger partial charge in [0.15, 0.2) is 15.9 Å². The molecule has 1 heterocycles. The number of thioether (sulfide) groups is 1.